The number of aromatic nitrogens is 1. The first-order valence-corrected chi connectivity index (χ1v) is 8.10. The molecule has 5 nitrogen and oxygen atoms in total. The molecule has 0 radical (unpaired) electrons. The van der Waals surface area contributed by atoms with Crippen molar-refractivity contribution in [3.8, 4) is 0 Å². The average molecular weight is 304 g/mol. The molecule has 0 unspecified atom stereocenters. The lowest BCUT2D eigenvalue weighted by Crippen LogP contribution is -2.35. The van der Waals surface area contributed by atoms with Gasteiger partial charge in [0.1, 0.15) is 10.7 Å². The molecule has 1 saturated carbocycles. The molecular weight excluding hydrogens is 286 g/mol. The van der Waals surface area contributed by atoms with E-state index in [0.717, 1.165) is 25.7 Å². The number of pyridine rings is 1. The van der Waals surface area contributed by atoms with Gasteiger partial charge in [-0.05, 0) is 18.9 Å². The lowest BCUT2D eigenvalue weighted by molar-refractivity contribution is 0.373. The van der Waals surface area contributed by atoms with Crippen LogP contribution < -0.4 is 5.32 Å². The average Bonchev–Trinajstić information content (AvgIpc) is 2.91. The minimum Gasteiger partial charge on any atom is -0.372 e. The van der Waals surface area contributed by atoms with Crippen molar-refractivity contribution in [2.24, 2.45) is 0 Å². The van der Waals surface area contributed by atoms with Crippen LogP contribution in [-0.2, 0) is 10.0 Å². The predicted octanol–water partition coefficient (Wildman–Crippen LogP) is 2.34. The Bertz CT molecular complexity index is 556. The van der Waals surface area contributed by atoms with Gasteiger partial charge < -0.3 is 5.32 Å². The normalized spacial score (nSPS) is 17.1. The second kappa shape index (κ2) is 5.64. The predicted molar refractivity (Wildman–Crippen MR) is 76.0 cm³/mol. The van der Waals surface area contributed by atoms with Gasteiger partial charge in [0.25, 0.3) is 0 Å². The number of nitrogens with zero attached hydrogens (tertiary/aromatic N) is 2. The molecule has 1 N–H and O–H groups in total. The van der Waals surface area contributed by atoms with Gasteiger partial charge in [0.2, 0.25) is 10.0 Å². The minimum atomic E-state index is -3.51. The van der Waals surface area contributed by atoms with Gasteiger partial charge in [-0.2, -0.15) is 4.31 Å². The van der Waals surface area contributed by atoms with Gasteiger partial charge in [-0.3, -0.25) is 0 Å². The fraction of sp³-hybridized carbons (Fsp3) is 0.583. The Labute approximate surface area is 119 Å². The van der Waals surface area contributed by atoms with Crippen molar-refractivity contribution in [3.63, 3.8) is 0 Å². The van der Waals surface area contributed by atoms with Gasteiger partial charge in [-0.1, -0.05) is 24.4 Å². The molecule has 1 heterocycles. The largest absolute Gasteiger partial charge is 0.372 e. The highest BCUT2D eigenvalue weighted by molar-refractivity contribution is 7.89. The van der Waals surface area contributed by atoms with E-state index >= 15 is 0 Å². The van der Waals surface area contributed by atoms with Crippen LogP contribution in [0.5, 0.6) is 0 Å². The third-order valence-corrected chi connectivity index (χ3v) is 5.73. The van der Waals surface area contributed by atoms with Crippen molar-refractivity contribution in [1.82, 2.24) is 9.29 Å². The number of sulfonamides is 1. The minimum absolute atomic E-state index is 0.0905. The zero-order valence-electron chi connectivity index (χ0n) is 11.1. The SMILES string of the molecule is CNc1ncc(S(=O)(=O)N(C)C2CCCC2)cc1Cl. The molecule has 19 heavy (non-hydrogen) atoms. The molecule has 0 bridgehead atoms. The first-order chi connectivity index (χ1) is 8.96. The van der Waals surface area contributed by atoms with E-state index in [2.05, 4.69) is 10.3 Å². The molecule has 0 aliphatic heterocycles. The maximum atomic E-state index is 12.5. The zero-order valence-corrected chi connectivity index (χ0v) is 12.6. The van der Waals surface area contributed by atoms with Crippen LogP contribution >= 0.6 is 11.6 Å². The van der Waals surface area contributed by atoms with E-state index in [1.54, 1.807) is 14.1 Å². The number of nitrogens with one attached hydrogen (secondary N) is 1. The molecule has 0 atom stereocenters. The van der Waals surface area contributed by atoms with Crippen LogP contribution in [0.1, 0.15) is 25.7 Å². The maximum Gasteiger partial charge on any atom is 0.244 e. The Morgan fingerprint density at radius 2 is 2.05 bits per heavy atom. The van der Waals surface area contributed by atoms with Crippen LogP contribution in [0, 0.1) is 0 Å². The Balaban J connectivity index is 2.30. The number of halogens is 1. The summed E-state index contributed by atoms with van der Waals surface area (Å²) in [4.78, 5) is 4.17. The van der Waals surface area contributed by atoms with E-state index in [-0.39, 0.29) is 10.9 Å². The number of hydrogen-bond donors (Lipinski definition) is 1. The molecule has 1 aliphatic rings. The van der Waals surface area contributed by atoms with E-state index in [9.17, 15) is 8.42 Å². The second-order valence-corrected chi connectivity index (χ2v) is 7.12. The third kappa shape index (κ3) is 2.85. The van der Waals surface area contributed by atoms with Crippen LogP contribution in [0.4, 0.5) is 5.82 Å². The maximum absolute atomic E-state index is 12.5. The Morgan fingerprint density at radius 1 is 1.42 bits per heavy atom. The van der Waals surface area contributed by atoms with Gasteiger partial charge in [0.15, 0.2) is 0 Å². The molecule has 0 amide bonds. The van der Waals surface area contributed by atoms with E-state index in [4.69, 9.17) is 11.6 Å². The van der Waals surface area contributed by atoms with Crippen molar-refractivity contribution >= 4 is 27.4 Å². The molecule has 1 aromatic rings. The van der Waals surface area contributed by atoms with Crippen molar-refractivity contribution in [2.45, 2.75) is 36.6 Å². The monoisotopic (exact) mass is 303 g/mol. The van der Waals surface area contributed by atoms with E-state index in [0.29, 0.717) is 10.8 Å². The highest BCUT2D eigenvalue weighted by Gasteiger charge is 2.30. The summed E-state index contributed by atoms with van der Waals surface area (Å²) in [6.07, 6.45) is 5.36. The molecule has 1 fully saturated rings. The molecule has 106 valence electrons. The first-order valence-electron chi connectivity index (χ1n) is 6.28. The van der Waals surface area contributed by atoms with E-state index in [1.165, 1.54) is 16.6 Å². The summed E-state index contributed by atoms with van der Waals surface area (Å²) < 4.78 is 26.4. The molecule has 1 aromatic heterocycles. The molecule has 0 saturated heterocycles. The summed E-state index contributed by atoms with van der Waals surface area (Å²) in [7, 11) is -0.194. The summed E-state index contributed by atoms with van der Waals surface area (Å²) in [5.74, 6) is 0.476. The van der Waals surface area contributed by atoms with Gasteiger partial charge in [-0.25, -0.2) is 13.4 Å². The van der Waals surface area contributed by atoms with Gasteiger partial charge in [-0.15, -0.1) is 0 Å². The smallest absolute Gasteiger partial charge is 0.244 e. The summed E-state index contributed by atoms with van der Waals surface area (Å²) in [5.41, 5.74) is 0. The van der Waals surface area contributed by atoms with E-state index in [1.807, 2.05) is 0 Å². The van der Waals surface area contributed by atoms with Crippen LogP contribution in [0.15, 0.2) is 17.2 Å². The van der Waals surface area contributed by atoms with Crippen molar-refractivity contribution < 1.29 is 8.42 Å². The molecule has 1 aliphatic carbocycles. The fourth-order valence-corrected chi connectivity index (χ4v) is 4.09. The Hall–Kier alpha value is -0.850. The summed E-state index contributed by atoms with van der Waals surface area (Å²) in [6, 6.07) is 1.54. The molecule has 0 spiro atoms. The number of anilines is 1. The van der Waals surface area contributed by atoms with Gasteiger partial charge in [0.05, 0.1) is 5.02 Å². The summed E-state index contributed by atoms with van der Waals surface area (Å²) >= 11 is 5.99. The highest BCUT2D eigenvalue weighted by atomic mass is 35.5. The zero-order chi connectivity index (χ0) is 14.0. The molecular formula is C12H18ClN3O2S. The van der Waals surface area contributed by atoms with Gasteiger partial charge >= 0.3 is 0 Å². The van der Waals surface area contributed by atoms with Crippen LogP contribution in [0.25, 0.3) is 0 Å². The lowest BCUT2D eigenvalue weighted by Gasteiger charge is -2.23. The number of hydrogen-bond acceptors (Lipinski definition) is 4. The third-order valence-electron chi connectivity index (χ3n) is 3.57. The Kier molecular flexibility index (Phi) is 4.32. The van der Waals surface area contributed by atoms with Crippen molar-refractivity contribution in [1.29, 1.82) is 0 Å². The highest BCUT2D eigenvalue weighted by Crippen LogP contribution is 2.29. The topological polar surface area (TPSA) is 62.3 Å². The quantitative estimate of drug-likeness (QED) is 0.927. The standard InChI is InChI=1S/C12H18ClN3O2S/c1-14-12-11(13)7-10(8-15-12)19(17,18)16(2)9-5-3-4-6-9/h7-9H,3-6H2,1-2H3,(H,14,15). The second-order valence-electron chi connectivity index (χ2n) is 4.71. The Morgan fingerprint density at radius 3 is 2.58 bits per heavy atom. The lowest BCUT2D eigenvalue weighted by atomic mass is 10.3. The van der Waals surface area contributed by atoms with Crippen LogP contribution in [0.2, 0.25) is 5.02 Å². The van der Waals surface area contributed by atoms with Gasteiger partial charge in [0, 0.05) is 26.3 Å². The summed E-state index contributed by atoms with van der Waals surface area (Å²) in [6.45, 7) is 0. The van der Waals surface area contributed by atoms with Crippen LogP contribution in [-0.4, -0.2) is 37.8 Å². The summed E-state index contributed by atoms with van der Waals surface area (Å²) in [5, 5.41) is 3.12. The van der Waals surface area contributed by atoms with Crippen molar-refractivity contribution in [3.05, 3.63) is 17.3 Å². The number of rotatable bonds is 4. The first kappa shape index (κ1) is 14.6. The molecule has 7 heteroatoms. The van der Waals surface area contributed by atoms with E-state index < -0.39 is 10.0 Å². The van der Waals surface area contributed by atoms with Crippen molar-refractivity contribution in [2.75, 3.05) is 19.4 Å². The fourth-order valence-electron chi connectivity index (χ4n) is 2.38. The van der Waals surface area contributed by atoms with Crippen LogP contribution in [0.3, 0.4) is 0 Å². The molecule has 0 aromatic carbocycles. The molecule has 2 rings (SSSR count).